The molecular weight excluding hydrogens is 328 g/mol. The molecule has 4 rings (SSSR count). The molecule has 136 valence electrons. The monoisotopic (exact) mass is 352 g/mol. The van der Waals surface area contributed by atoms with Crippen molar-refractivity contribution in [1.29, 1.82) is 0 Å². The summed E-state index contributed by atoms with van der Waals surface area (Å²) in [5.74, 6) is 1.02. The molecule has 0 amide bonds. The van der Waals surface area contributed by atoms with Crippen LogP contribution in [0.2, 0.25) is 0 Å². The van der Waals surface area contributed by atoms with Gasteiger partial charge < -0.3 is 25.6 Å². The van der Waals surface area contributed by atoms with Gasteiger partial charge in [-0.15, -0.1) is 0 Å². The standard InChI is InChI=1S/C19H24N6O/c1-2-21-18-17-16(22-19(20)23-18)9-12-25(17)14-5-3-13(4-6-14)24-10-7-15(26)8-11-24/h3-6,9,12,15,26H,2,7-8,10-11H2,1H3,(H3,20,21,22,23). The Bertz CT molecular complexity index is 896. The molecular formula is C19H24N6O. The molecule has 1 aliphatic rings. The van der Waals surface area contributed by atoms with E-state index in [0.717, 1.165) is 55.0 Å². The van der Waals surface area contributed by atoms with Gasteiger partial charge in [0.15, 0.2) is 5.82 Å². The van der Waals surface area contributed by atoms with Gasteiger partial charge in [-0.25, -0.2) is 4.98 Å². The highest BCUT2D eigenvalue weighted by Gasteiger charge is 2.17. The maximum Gasteiger partial charge on any atom is 0.222 e. The van der Waals surface area contributed by atoms with Crippen molar-refractivity contribution in [3.05, 3.63) is 36.5 Å². The van der Waals surface area contributed by atoms with Gasteiger partial charge in [0.05, 0.1) is 11.6 Å². The number of hydrogen-bond donors (Lipinski definition) is 3. The summed E-state index contributed by atoms with van der Waals surface area (Å²) in [6.45, 7) is 4.58. The van der Waals surface area contributed by atoms with Crippen molar-refractivity contribution >= 4 is 28.5 Å². The molecule has 0 aliphatic carbocycles. The highest BCUT2D eigenvalue weighted by molar-refractivity contribution is 5.89. The minimum absolute atomic E-state index is 0.159. The summed E-state index contributed by atoms with van der Waals surface area (Å²) in [7, 11) is 0. The number of fused-ring (bicyclic) bond motifs is 1. The predicted molar refractivity (Wildman–Crippen MR) is 105 cm³/mol. The fourth-order valence-electron chi connectivity index (χ4n) is 3.52. The fourth-order valence-corrected chi connectivity index (χ4v) is 3.52. The van der Waals surface area contributed by atoms with E-state index in [9.17, 15) is 5.11 Å². The SMILES string of the molecule is CCNc1nc(N)nc2ccn(-c3ccc(N4CCC(O)CC4)cc3)c12. The van der Waals surface area contributed by atoms with E-state index >= 15 is 0 Å². The first kappa shape index (κ1) is 16.7. The molecule has 1 saturated heterocycles. The smallest absolute Gasteiger partial charge is 0.222 e. The number of nitrogens with zero attached hydrogens (tertiary/aromatic N) is 4. The summed E-state index contributed by atoms with van der Waals surface area (Å²) in [6, 6.07) is 10.4. The summed E-state index contributed by atoms with van der Waals surface area (Å²) in [5, 5.41) is 12.9. The van der Waals surface area contributed by atoms with Crippen molar-refractivity contribution in [1.82, 2.24) is 14.5 Å². The van der Waals surface area contributed by atoms with Gasteiger partial charge in [-0.1, -0.05) is 0 Å². The normalized spacial score (nSPS) is 15.5. The number of anilines is 3. The lowest BCUT2D eigenvalue weighted by Gasteiger charge is -2.31. The van der Waals surface area contributed by atoms with E-state index in [1.807, 2.05) is 19.2 Å². The number of piperidine rings is 1. The van der Waals surface area contributed by atoms with Crippen LogP contribution in [0, 0.1) is 0 Å². The number of aliphatic hydroxyl groups is 1. The molecule has 4 N–H and O–H groups in total. The number of rotatable bonds is 4. The van der Waals surface area contributed by atoms with Crippen molar-refractivity contribution in [2.75, 3.05) is 35.6 Å². The number of hydrogen-bond acceptors (Lipinski definition) is 6. The molecule has 1 fully saturated rings. The maximum atomic E-state index is 9.68. The minimum atomic E-state index is -0.159. The molecule has 26 heavy (non-hydrogen) atoms. The van der Waals surface area contributed by atoms with Gasteiger partial charge in [-0.3, -0.25) is 0 Å². The first-order valence-corrected chi connectivity index (χ1v) is 9.07. The van der Waals surface area contributed by atoms with E-state index in [4.69, 9.17) is 5.73 Å². The van der Waals surface area contributed by atoms with Gasteiger partial charge in [0.1, 0.15) is 5.52 Å². The molecule has 7 heteroatoms. The van der Waals surface area contributed by atoms with Gasteiger partial charge in [-0.05, 0) is 50.1 Å². The van der Waals surface area contributed by atoms with Crippen LogP contribution in [-0.4, -0.2) is 45.4 Å². The molecule has 0 saturated carbocycles. The third-order valence-electron chi connectivity index (χ3n) is 4.85. The molecule has 0 atom stereocenters. The van der Waals surface area contributed by atoms with E-state index in [1.165, 1.54) is 5.69 Å². The second kappa shape index (κ2) is 6.84. The van der Waals surface area contributed by atoms with E-state index in [2.05, 4.69) is 49.0 Å². The summed E-state index contributed by atoms with van der Waals surface area (Å²) < 4.78 is 2.08. The van der Waals surface area contributed by atoms with Crippen molar-refractivity contribution in [3.8, 4) is 5.69 Å². The van der Waals surface area contributed by atoms with Gasteiger partial charge >= 0.3 is 0 Å². The lowest BCUT2D eigenvalue weighted by molar-refractivity contribution is 0.145. The fraction of sp³-hybridized carbons (Fsp3) is 0.368. The molecule has 0 spiro atoms. The Morgan fingerprint density at radius 3 is 2.50 bits per heavy atom. The number of nitrogen functional groups attached to an aromatic ring is 1. The first-order chi connectivity index (χ1) is 12.7. The van der Waals surface area contributed by atoms with Crippen LogP contribution in [0.4, 0.5) is 17.5 Å². The van der Waals surface area contributed by atoms with Crippen molar-refractivity contribution in [2.24, 2.45) is 0 Å². The third kappa shape index (κ3) is 3.06. The molecule has 2 aromatic heterocycles. The number of nitrogens with two attached hydrogens (primary N) is 1. The third-order valence-corrected chi connectivity index (χ3v) is 4.85. The Balaban J connectivity index is 1.67. The molecule has 1 aromatic carbocycles. The molecule has 3 heterocycles. The molecule has 0 radical (unpaired) electrons. The number of nitrogens with one attached hydrogen (secondary N) is 1. The van der Waals surface area contributed by atoms with E-state index in [-0.39, 0.29) is 12.1 Å². The highest BCUT2D eigenvalue weighted by atomic mass is 16.3. The zero-order chi connectivity index (χ0) is 18.1. The Labute approximate surface area is 152 Å². The first-order valence-electron chi connectivity index (χ1n) is 9.07. The van der Waals surface area contributed by atoms with Crippen LogP contribution in [0.15, 0.2) is 36.5 Å². The van der Waals surface area contributed by atoms with Gasteiger partial charge in [0.25, 0.3) is 0 Å². The van der Waals surface area contributed by atoms with Gasteiger partial charge in [-0.2, -0.15) is 4.98 Å². The van der Waals surface area contributed by atoms with Crippen molar-refractivity contribution in [2.45, 2.75) is 25.9 Å². The van der Waals surface area contributed by atoms with Gasteiger partial charge in [0, 0.05) is 37.2 Å². The quantitative estimate of drug-likeness (QED) is 0.668. The molecule has 0 bridgehead atoms. The van der Waals surface area contributed by atoms with Crippen molar-refractivity contribution < 1.29 is 5.11 Å². The zero-order valence-corrected chi connectivity index (χ0v) is 14.9. The summed E-state index contributed by atoms with van der Waals surface area (Å²) in [6.07, 6.45) is 3.49. The molecule has 0 unspecified atom stereocenters. The predicted octanol–water partition coefficient (Wildman–Crippen LogP) is 2.40. The number of aliphatic hydroxyl groups excluding tert-OH is 1. The van der Waals surface area contributed by atoms with Crippen LogP contribution in [0.1, 0.15) is 19.8 Å². The number of aromatic nitrogens is 3. The Morgan fingerprint density at radius 1 is 1.12 bits per heavy atom. The molecule has 3 aromatic rings. The van der Waals surface area contributed by atoms with Crippen LogP contribution in [0.5, 0.6) is 0 Å². The van der Waals surface area contributed by atoms with E-state index in [1.54, 1.807) is 0 Å². The molecule has 7 nitrogen and oxygen atoms in total. The van der Waals surface area contributed by atoms with Crippen LogP contribution in [0.3, 0.4) is 0 Å². The second-order valence-electron chi connectivity index (χ2n) is 6.61. The van der Waals surface area contributed by atoms with E-state index < -0.39 is 0 Å². The second-order valence-corrected chi connectivity index (χ2v) is 6.61. The average molecular weight is 352 g/mol. The average Bonchev–Trinajstić information content (AvgIpc) is 3.07. The highest BCUT2D eigenvalue weighted by Crippen LogP contribution is 2.27. The Morgan fingerprint density at radius 2 is 1.81 bits per heavy atom. The Kier molecular flexibility index (Phi) is 4.38. The summed E-state index contributed by atoms with van der Waals surface area (Å²) in [5.41, 5.74) is 9.80. The molecule has 1 aliphatic heterocycles. The topological polar surface area (TPSA) is 92.2 Å². The zero-order valence-electron chi connectivity index (χ0n) is 14.9. The number of benzene rings is 1. The minimum Gasteiger partial charge on any atom is -0.393 e. The van der Waals surface area contributed by atoms with Gasteiger partial charge in [0.2, 0.25) is 5.95 Å². The van der Waals surface area contributed by atoms with E-state index in [0.29, 0.717) is 0 Å². The maximum absolute atomic E-state index is 9.68. The summed E-state index contributed by atoms with van der Waals surface area (Å²) in [4.78, 5) is 11.0. The van der Waals surface area contributed by atoms with Crippen LogP contribution < -0.4 is 16.0 Å². The largest absolute Gasteiger partial charge is 0.393 e. The lowest BCUT2D eigenvalue weighted by atomic mass is 10.1. The Hall–Kier alpha value is -2.80. The lowest BCUT2D eigenvalue weighted by Crippen LogP contribution is -2.35. The summed E-state index contributed by atoms with van der Waals surface area (Å²) >= 11 is 0. The van der Waals surface area contributed by atoms with Crippen molar-refractivity contribution in [3.63, 3.8) is 0 Å². The van der Waals surface area contributed by atoms with Crippen LogP contribution in [0.25, 0.3) is 16.7 Å². The van der Waals surface area contributed by atoms with Crippen LogP contribution in [-0.2, 0) is 0 Å². The van der Waals surface area contributed by atoms with Crippen LogP contribution >= 0.6 is 0 Å².